The lowest BCUT2D eigenvalue weighted by Crippen LogP contribution is -2.23. The van der Waals surface area contributed by atoms with Gasteiger partial charge in [-0.25, -0.2) is 9.37 Å². The molecule has 0 radical (unpaired) electrons. The Morgan fingerprint density at radius 2 is 2.08 bits per heavy atom. The number of thiophene rings is 1. The van der Waals surface area contributed by atoms with Crippen LogP contribution in [-0.2, 0) is 30.6 Å². The number of H-pyrrole nitrogens is 1. The summed E-state index contributed by atoms with van der Waals surface area (Å²) in [6.07, 6.45) is 3.69. The van der Waals surface area contributed by atoms with E-state index < -0.39 is 0 Å². The fourth-order valence-electron chi connectivity index (χ4n) is 3.29. The van der Waals surface area contributed by atoms with Gasteiger partial charge < -0.3 is 10.3 Å². The van der Waals surface area contributed by atoms with Gasteiger partial charge in [0, 0.05) is 24.3 Å². The second kappa shape index (κ2) is 6.99. The minimum atomic E-state index is -0.301. The van der Waals surface area contributed by atoms with Crippen molar-refractivity contribution in [3.05, 3.63) is 62.3 Å². The van der Waals surface area contributed by atoms with E-state index in [9.17, 15) is 14.0 Å². The second-order valence-corrected chi connectivity index (χ2v) is 7.54. The topological polar surface area (TPSA) is 74.8 Å². The number of hydrogen-bond acceptors (Lipinski definition) is 4. The van der Waals surface area contributed by atoms with Crippen LogP contribution >= 0.6 is 11.3 Å². The lowest BCUT2D eigenvalue weighted by molar-refractivity contribution is -0.121. The van der Waals surface area contributed by atoms with Crippen molar-refractivity contribution in [1.29, 1.82) is 0 Å². The normalized spacial score (nSPS) is 13.1. The van der Waals surface area contributed by atoms with Gasteiger partial charge in [0.15, 0.2) is 0 Å². The van der Waals surface area contributed by atoms with Gasteiger partial charge in [-0.1, -0.05) is 12.1 Å². The number of aromatic amines is 1. The lowest BCUT2D eigenvalue weighted by Gasteiger charge is -2.05. The molecule has 4 rings (SSSR count). The Hall–Kier alpha value is -2.54. The molecule has 1 aliphatic rings. The van der Waals surface area contributed by atoms with Crippen molar-refractivity contribution < 1.29 is 9.18 Å². The molecule has 0 spiro atoms. The number of fused-ring (bicyclic) bond motifs is 3. The minimum Gasteiger partial charge on any atom is -0.352 e. The molecule has 5 nitrogen and oxygen atoms in total. The Labute approximate surface area is 153 Å². The first-order valence-corrected chi connectivity index (χ1v) is 9.46. The van der Waals surface area contributed by atoms with E-state index in [4.69, 9.17) is 0 Å². The van der Waals surface area contributed by atoms with Crippen molar-refractivity contribution in [2.45, 2.75) is 38.6 Å². The van der Waals surface area contributed by atoms with E-state index in [0.717, 1.165) is 40.6 Å². The zero-order valence-corrected chi connectivity index (χ0v) is 14.9. The van der Waals surface area contributed by atoms with Crippen LogP contribution in [0.3, 0.4) is 0 Å². The molecule has 2 heterocycles. The van der Waals surface area contributed by atoms with E-state index in [1.54, 1.807) is 23.5 Å². The molecule has 2 N–H and O–H groups in total. The number of benzene rings is 1. The average Bonchev–Trinajstić information content (AvgIpc) is 3.20. The van der Waals surface area contributed by atoms with Gasteiger partial charge in [-0.05, 0) is 42.5 Å². The van der Waals surface area contributed by atoms with Gasteiger partial charge in [0.25, 0.3) is 5.56 Å². The van der Waals surface area contributed by atoms with E-state index in [2.05, 4.69) is 15.3 Å². The molecule has 0 bridgehead atoms. The molecule has 1 amide bonds. The third kappa shape index (κ3) is 3.39. The first-order valence-electron chi connectivity index (χ1n) is 8.65. The van der Waals surface area contributed by atoms with Gasteiger partial charge in [0.1, 0.15) is 16.5 Å². The predicted molar refractivity (Wildman–Crippen MR) is 98.8 cm³/mol. The SMILES string of the molecule is O=C(CCc1nc2sc3c(c2c(=O)[nH]1)CCC3)NCc1ccc(F)cc1. The van der Waals surface area contributed by atoms with Gasteiger partial charge >= 0.3 is 0 Å². The van der Waals surface area contributed by atoms with Crippen molar-refractivity contribution in [3.8, 4) is 0 Å². The molecule has 0 saturated heterocycles. The van der Waals surface area contributed by atoms with Crippen molar-refractivity contribution in [2.75, 3.05) is 0 Å². The summed E-state index contributed by atoms with van der Waals surface area (Å²) in [5.74, 6) is 0.107. The van der Waals surface area contributed by atoms with Crippen LogP contribution in [0.5, 0.6) is 0 Å². The zero-order valence-electron chi connectivity index (χ0n) is 14.1. The number of carbonyl (C=O) groups is 1. The highest BCUT2D eigenvalue weighted by Gasteiger charge is 2.21. The van der Waals surface area contributed by atoms with Crippen LogP contribution in [0.25, 0.3) is 10.2 Å². The molecule has 0 atom stereocenters. The molecular formula is C19H18FN3O2S. The molecule has 2 aromatic heterocycles. The number of rotatable bonds is 5. The van der Waals surface area contributed by atoms with Crippen LogP contribution in [0.1, 0.15) is 34.7 Å². The lowest BCUT2D eigenvalue weighted by atomic mass is 10.2. The van der Waals surface area contributed by atoms with Gasteiger partial charge in [-0.3, -0.25) is 9.59 Å². The highest BCUT2D eigenvalue weighted by atomic mass is 32.1. The van der Waals surface area contributed by atoms with Crippen LogP contribution in [0.2, 0.25) is 0 Å². The quantitative estimate of drug-likeness (QED) is 0.724. The highest BCUT2D eigenvalue weighted by molar-refractivity contribution is 7.18. The summed E-state index contributed by atoms with van der Waals surface area (Å²) in [6.45, 7) is 0.347. The van der Waals surface area contributed by atoms with Gasteiger partial charge in [0.05, 0.1) is 5.39 Å². The highest BCUT2D eigenvalue weighted by Crippen LogP contribution is 2.34. The molecule has 0 unspecified atom stereocenters. The summed E-state index contributed by atoms with van der Waals surface area (Å²) in [4.78, 5) is 33.8. The Kier molecular flexibility index (Phi) is 4.55. The maximum atomic E-state index is 12.9. The number of carbonyl (C=O) groups excluding carboxylic acids is 1. The molecule has 1 aromatic carbocycles. The van der Waals surface area contributed by atoms with E-state index in [-0.39, 0.29) is 23.7 Å². The number of nitrogens with zero attached hydrogens (tertiary/aromatic N) is 1. The smallest absolute Gasteiger partial charge is 0.259 e. The zero-order chi connectivity index (χ0) is 18.1. The molecule has 7 heteroatoms. The number of nitrogens with one attached hydrogen (secondary N) is 2. The Morgan fingerprint density at radius 1 is 1.27 bits per heavy atom. The van der Waals surface area contributed by atoms with Gasteiger partial charge in [0.2, 0.25) is 5.91 Å². The summed E-state index contributed by atoms with van der Waals surface area (Å²) in [6, 6.07) is 6.00. The Bertz CT molecular complexity index is 1020. The predicted octanol–water partition coefficient (Wildman–Crippen LogP) is 2.86. The number of aryl methyl sites for hydroxylation is 3. The van der Waals surface area contributed by atoms with Crippen LogP contribution in [-0.4, -0.2) is 15.9 Å². The van der Waals surface area contributed by atoms with Crippen molar-refractivity contribution in [2.24, 2.45) is 0 Å². The van der Waals surface area contributed by atoms with Crippen LogP contribution < -0.4 is 10.9 Å². The van der Waals surface area contributed by atoms with E-state index in [0.29, 0.717) is 18.8 Å². The number of aromatic nitrogens is 2. The second-order valence-electron chi connectivity index (χ2n) is 6.45. The third-order valence-corrected chi connectivity index (χ3v) is 5.80. The Morgan fingerprint density at radius 3 is 2.88 bits per heavy atom. The fourth-order valence-corrected chi connectivity index (χ4v) is 4.57. The largest absolute Gasteiger partial charge is 0.352 e. The maximum Gasteiger partial charge on any atom is 0.259 e. The maximum absolute atomic E-state index is 12.9. The van der Waals surface area contributed by atoms with Crippen LogP contribution in [0.4, 0.5) is 4.39 Å². The summed E-state index contributed by atoms with van der Waals surface area (Å²) >= 11 is 1.60. The monoisotopic (exact) mass is 371 g/mol. The van der Waals surface area contributed by atoms with Crippen LogP contribution in [0.15, 0.2) is 29.1 Å². The van der Waals surface area contributed by atoms with E-state index in [1.165, 1.54) is 17.0 Å². The summed E-state index contributed by atoms with van der Waals surface area (Å²) in [5, 5.41) is 3.52. The molecule has 0 fully saturated rings. The molecule has 0 aliphatic heterocycles. The van der Waals surface area contributed by atoms with Crippen LogP contribution in [0, 0.1) is 5.82 Å². The Balaban J connectivity index is 1.39. The number of halogens is 1. The summed E-state index contributed by atoms with van der Waals surface area (Å²) in [5.41, 5.74) is 1.89. The minimum absolute atomic E-state index is 0.101. The fraction of sp³-hybridized carbons (Fsp3) is 0.316. The van der Waals surface area contributed by atoms with Gasteiger partial charge in [-0.15, -0.1) is 11.3 Å². The number of hydrogen-bond donors (Lipinski definition) is 2. The van der Waals surface area contributed by atoms with E-state index in [1.807, 2.05) is 0 Å². The van der Waals surface area contributed by atoms with E-state index >= 15 is 0 Å². The standard InChI is InChI=1S/C19H18FN3O2S/c20-12-6-4-11(5-7-12)10-21-16(24)9-8-15-22-18(25)17-13-2-1-3-14(13)26-19(17)23-15/h4-7H,1-3,8-10H2,(H,21,24)(H,22,23,25). The number of amides is 1. The molecule has 134 valence electrons. The third-order valence-electron chi connectivity index (χ3n) is 4.62. The molecular weight excluding hydrogens is 353 g/mol. The summed E-state index contributed by atoms with van der Waals surface area (Å²) < 4.78 is 12.9. The molecule has 3 aromatic rings. The molecule has 1 aliphatic carbocycles. The summed E-state index contributed by atoms with van der Waals surface area (Å²) in [7, 11) is 0. The van der Waals surface area contributed by atoms with Gasteiger partial charge in [-0.2, -0.15) is 0 Å². The van der Waals surface area contributed by atoms with Crippen molar-refractivity contribution in [3.63, 3.8) is 0 Å². The van der Waals surface area contributed by atoms with Crippen molar-refractivity contribution in [1.82, 2.24) is 15.3 Å². The average molecular weight is 371 g/mol. The molecule has 0 saturated carbocycles. The first kappa shape index (κ1) is 16.9. The first-order chi connectivity index (χ1) is 12.6. The van der Waals surface area contributed by atoms with Crippen molar-refractivity contribution >= 4 is 27.5 Å². The molecule has 26 heavy (non-hydrogen) atoms.